The molecule has 1 aromatic carbocycles. The first-order valence-corrected chi connectivity index (χ1v) is 6.31. The maximum Gasteiger partial charge on any atom is 0.167 e. The lowest BCUT2D eigenvalue weighted by atomic mass is 9.98. The van der Waals surface area contributed by atoms with E-state index in [0.717, 1.165) is 18.5 Å². The fourth-order valence-electron chi connectivity index (χ4n) is 2.77. The van der Waals surface area contributed by atoms with Gasteiger partial charge in [-0.25, -0.2) is 4.39 Å². The monoisotopic (exact) mass is 252 g/mol. The molecule has 0 amide bonds. The smallest absolute Gasteiger partial charge is 0.167 e. The van der Waals surface area contributed by atoms with Crippen LogP contribution >= 0.6 is 0 Å². The van der Waals surface area contributed by atoms with Gasteiger partial charge in [-0.2, -0.15) is 0 Å². The van der Waals surface area contributed by atoms with E-state index in [1.54, 1.807) is 6.92 Å². The van der Waals surface area contributed by atoms with Gasteiger partial charge in [0.1, 0.15) is 0 Å². The molecule has 2 atom stereocenters. The second-order valence-corrected chi connectivity index (χ2v) is 5.15. The minimum absolute atomic E-state index is 0.266. The number of ether oxygens (including phenoxy) is 1. The molecule has 3 nitrogen and oxygen atoms in total. The van der Waals surface area contributed by atoms with E-state index in [9.17, 15) is 4.39 Å². The van der Waals surface area contributed by atoms with Crippen molar-refractivity contribution in [2.24, 2.45) is 11.7 Å². The average molecular weight is 252 g/mol. The second-order valence-electron chi connectivity index (χ2n) is 5.15. The molecule has 18 heavy (non-hydrogen) atoms. The van der Waals surface area contributed by atoms with Crippen molar-refractivity contribution in [3.8, 4) is 5.75 Å². The van der Waals surface area contributed by atoms with Crippen LogP contribution in [0.4, 0.5) is 4.39 Å². The number of halogens is 1. The van der Waals surface area contributed by atoms with Crippen LogP contribution in [0.5, 0.6) is 5.75 Å². The average Bonchev–Trinajstić information content (AvgIpc) is 2.74. The van der Waals surface area contributed by atoms with E-state index in [-0.39, 0.29) is 5.82 Å². The summed E-state index contributed by atoms with van der Waals surface area (Å²) in [5.74, 6) is 0.586. The maximum atomic E-state index is 13.8. The Balaban J connectivity index is 2.31. The van der Waals surface area contributed by atoms with Gasteiger partial charge in [0.25, 0.3) is 0 Å². The molecule has 0 aromatic heterocycles. The third kappa shape index (κ3) is 2.35. The molecule has 4 heteroatoms. The minimum Gasteiger partial charge on any atom is -0.494 e. The Morgan fingerprint density at radius 3 is 2.78 bits per heavy atom. The van der Waals surface area contributed by atoms with Gasteiger partial charge in [0.05, 0.1) is 7.11 Å². The van der Waals surface area contributed by atoms with Crippen molar-refractivity contribution < 1.29 is 9.13 Å². The topological polar surface area (TPSA) is 38.5 Å². The molecule has 0 bridgehead atoms. The van der Waals surface area contributed by atoms with Crippen LogP contribution in [0.25, 0.3) is 0 Å². The van der Waals surface area contributed by atoms with Gasteiger partial charge in [-0.05, 0) is 50.0 Å². The number of methoxy groups -OCH3 is 1. The summed E-state index contributed by atoms with van der Waals surface area (Å²) >= 11 is 0. The second kappa shape index (κ2) is 5.24. The standard InChI is InChI=1S/C14H21FN2O/c1-9-4-11(6-13(18-3)14(9)15)12-5-10(7-16)8-17(12)2/h4,6,10,12H,5,7-8,16H2,1-3H3. The molecule has 1 heterocycles. The van der Waals surface area contributed by atoms with Crippen LogP contribution in [0.15, 0.2) is 12.1 Å². The van der Waals surface area contributed by atoms with Crippen molar-refractivity contribution in [3.05, 3.63) is 29.1 Å². The first-order chi connectivity index (χ1) is 8.56. The highest BCUT2D eigenvalue weighted by atomic mass is 19.1. The van der Waals surface area contributed by atoms with Gasteiger partial charge >= 0.3 is 0 Å². The van der Waals surface area contributed by atoms with Gasteiger partial charge in [0.15, 0.2) is 11.6 Å². The molecule has 1 saturated heterocycles. The van der Waals surface area contributed by atoms with Gasteiger partial charge in [-0.15, -0.1) is 0 Å². The predicted molar refractivity (Wildman–Crippen MR) is 70.2 cm³/mol. The van der Waals surface area contributed by atoms with Crippen LogP contribution in [-0.2, 0) is 0 Å². The molecule has 1 aliphatic heterocycles. The Labute approximate surface area is 108 Å². The zero-order valence-electron chi connectivity index (χ0n) is 11.2. The number of rotatable bonds is 3. The molecule has 1 aromatic rings. The first-order valence-electron chi connectivity index (χ1n) is 6.31. The zero-order chi connectivity index (χ0) is 13.3. The third-order valence-electron chi connectivity index (χ3n) is 3.82. The van der Waals surface area contributed by atoms with E-state index < -0.39 is 0 Å². The SMILES string of the molecule is COc1cc(C2CC(CN)CN2C)cc(C)c1F. The number of benzene rings is 1. The van der Waals surface area contributed by atoms with Crippen molar-refractivity contribution in [2.45, 2.75) is 19.4 Å². The normalized spacial score (nSPS) is 24.5. The Morgan fingerprint density at radius 1 is 1.50 bits per heavy atom. The Kier molecular flexibility index (Phi) is 3.88. The lowest BCUT2D eigenvalue weighted by Crippen LogP contribution is -2.20. The van der Waals surface area contributed by atoms with E-state index in [1.807, 2.05) is 12.1 Å². The summed E-state index contributed by atoms with van der Waals surface area (Å²) in [6.07, 6.45) is 1.03. The van der Waals surface area contributed by atoms with E-state index in [1.165, 1.54) is 7.11 Å². The van der Waals surface area contributed by atoms with Gasteiger partial charge in [0, 0.05) is 12.6 Å². The molecule has 2 unspecified atom stereocenters. The largest absolute Gasteiger partial charge is 0.494 e. The summed E-state index contributed by atoms with van der Waals surface area (Å²) in [6, 6.07) is 4.03. The zero-order valence-corrected chi connectivity index (χ0v) is 11.2. The molecular weight excluding hydrogens is 231 g/mol. The van der Waals surface area contributed by atoms with Gasteiger partial charge in [-0.3, -0.25) is 4.90 Å². The van der Waals surface area contributed by atoms with E-state index in [4.69, 9.17) is 10.5 Å². The van der Waals surface area contributed by atoms with Crippen LogP contribution < -0.4 is 10.5 Å². The highest BCUT2D eigenvalue weighted by molar-refractivity contribution is 5.37. The van der Waals surface area contributed by atoms with E-state index in [2.05, 4.69) is 11.9 Å². The molecule has 2 N–H and O–H groups in total. The maximum absolute atomic E-state index is 13.8. The van der Waals surface area contributed by atoms with Crippen molar-refractivity contribution >= 4 is 0 Å². The molecule has 1 aliphatic rings. The summed E-state index contributed by atoms with van der Waals surface area (Å²) in [5, 5.41) is 0. The number of hydrogen-bond donors (Lipinski definition) is 1. The van der Waals surface area contributed by atoms with Crippen LogP contribution in [0, 0.1) is 18.7 Å². The molecule has 2 rings (SSSR count). The fraction of sp³-hybridized carbons (Fsp3) is 0.571. The van der Waals surface area contributed by atoms with E-state index in [0.29, 0.717) is 29.8 Å². The van der Waals surface area contributed by atoms with Crippen molar-refractivity contribution in [2.75, 3.05) is 27.2 Å². The summed E-state index contributed by atoms with van der Waals surface area (Å²) in [5.41, 5.74) is 7.48. The highest BCUT2D eigenvalue weighted by Gasteiger charge is 2.30. The van der Waals surface area contributed by atoms with Crippen LogP contribution in [-0.4, -0.2) is 32.1 Å². The van der Waals surface area contributed by atoms with Crippen LogP contribution in [0.1, 0.15) is 23.6 Å². The van der Waals surface area contributed by atoms with Gasteiger partial charge in [-0.1, -0.05) is 6.07 Å². The van der Waals surface area contributed by atoms with Gasteiger partial charge in [0.2, 0.25) is 0 Å². The Hall–Kier alpha value is -1.13. The number of nitrogens with two attached hydrogens (primary N) is 1. The highest BCUT2D eigenvalue weighted by Crippen LogP contribution is 2.36. The van der Waals surface area contributed by atoms with Crippen molar-refractivity contribution in [3.63, 3.8) is 0 Å². The number of aryl methyl sites for hydroxylation is 1. The predicted octanol–water partition coefficient (Wildman–Crippen LogP) is 2.09. The number of nitrogens with zero attached hydrogens (tertiary/aromatic N) is 1. The van der Waals surface area contributed by atoms with Crippen LogP contribution in [0.3, 0.4) is 0 Å². The molecule has 100 valence electrons. The number of likely N-dealkylation sites (tertiary alicyclic amines) is 1. The third-order valence-corrected chi connectivity index (χ3v) is 3.82. The summed E-state index contributed by atoms with van der Waals surface area (Å²) in [7, 11) is 3.59. The molecule has 0 saturated carbocycles. The van der Waals surface area contributed by atoms with Gasteiger partial charge < -0.3 is 10.5 Å². The first kappa shape index (κ1) is 13.3. The Morgan fingerprint density at radius 2 is 2.22 bits per heavy atom. The molecule has 0 aliphatic carbocycles. The summed E-state index contributed by atoms with van der Waals surface area (Å²) < 4.78 is 18.8. The molecule has 1 fully saturated rings. The summed E-state index contributed by atoms with van der Waals surface area (Å²) in [4.78, 5) is 2.28. The minimum atomic E-state index is -0.266. The molecule has 0 spiro atoms. The summed E-state index contributed by atoms with van der Waals surface area (Å²) in [6.45, 7) is 3.48. The Bertz CT molecular complexity index is 436. The molecular formula is C14H21FN2O. The van der Waals surface area contributed by atoms with Crippen molar-refractivity contribution in [1.29, 1.82) is 0 Å². The van der Waals surface area contributed by atoms with Crippen LogP contribution in [0.2, 0.25) is 0 Å². The lowest BCUT2D eigenvalue weighted by molar-refractivity contribution is 0.311. The van der Waals surface area contributed by atoms with Crippen molar-refractivity contribution in [1.82, 2.24) is 4.90 Å². The quantitative estimate of drug-likeness (QED) is 0.895. The lowest BCUT2D eigenvalue weighted by Gasteiger charge is -2.21. The molecule has 0 radical (unpaired) electrons. The number of hydrogen-bond acceptors (Lipinski definition) is 3. The van der Waals surface area contributed by atoms with E-state index >= 15 is 0 Å². The fourth-order valence-corrected chi connectivity index (χ4v) is 2.77.